The first kappa shape index (κ1) is 16.7. The van der Waals surface area contributed by atoms with Crippen molar-refractivity contribution >= 4 is 17.2 Å². The van der Waals surface area contributed by atoms with E-state index in [0.717, 1.165) is 16.3 Å². The van der Waals surface area contributed by atoms with Gasteiger partial charge in [-0.2, -0.15) is 0 Å². The van der Waals surface area contributed by atoms with Gasteiger partial charge in [-0.05, 0) is 31.4 Å². The number of hydrogen-bond acceptors (Lipinski definition) is 5. The van der Waals surface area contributed by atoms with Crippen molar-refractivity contribution in [2.45, 2.75) is 33.2 Å². The summed E-state index contributed by atoms with van der Waals surface area (Å²) in [7, 11) is 1.79. The zero-order valence-electron chi connectivity index (χ0n) is 13.5. The Morgan fingerprint density at radius 3 is 2.82 bits per heavy atom. The summed E-state index contributed by atoms with van der Waals surface area (Å²) in [6.45, 7) is 6.72. The number of hydrogen-bond donors (Lipinski definition) is 1. The van der Waals surface area contributed by atoms with Crippen LogP contribution in [0.25, 0.3) is 10.8 Å². The molecule has 1 atom stereocenters. The van der Waals surface area contributed by atoms with E-state index in [1.54, 1.807) is 18.2 Å². The van der Waals surface area contributed by atoms with E-state index in [1.807, 2.05) is 19.1 Å². The second-order valence-electron chi connectivity index (χ2n) is 5.82. The zero-order valence-corrected chi connectivity index (χ0v) is 14.3. The molecule has 2 aromatic heterocycles. The SMILES string of the molecule is Cc1sc(-c2ccco2)nc1C(=O)N(C)CCC(N)C(C)C. The molecule has 0 fully saturated rings. The standard InChI is InChI=1S/C16H23N3O2S/c1-10(2)12(17)7-8-19(4)16(20)14-11(3)22-15(18-14)13-6-5-9-21-13/h5-6,9-10,12H,7-8,17H2,1-4H3. The normalized spacial score (nSPS) is 12.6. The predicted octanol–water partition coefficient (Wildman–Crippen LogP) is 3.16. The van der Waals surface area contributed by atoms with Crippen molar-refractivity contribution in [3.8, 4) is 10.8 Å². The van der Waals surface area contributed by atoms with Gasteiger partial charge < -0.3 is 15.1 Å². The van der Waals surface area contributed by atoms with Crippen molar-refractivity contribution in [3.63, 3.8) is 0 Å². The van der Waals surface area contributed by atoms with Crippen LogP contribution in [-0.2, 0) is 0 Å². The third-order valence-corrected chi connectivity index (χ3v) is 4.72. The van der Waals surface area contributed by atoms with Gasteiger partial charge in [-0.25, -0.2) is 4.98 Å². The fourth-order valence-electron chi connectivity index (χ4n) is 2.06. The molecular weight excluding hydrogens is 298 g/mol. The summed E-state index contributed by atoms with van der Waals surface area (Å²) in [5.74, 6) is 1.04. The Bertz CT molecular complexity index is 619. The summed E-state index contributed by atoms with van der Waals surface area (Å²) in [4.78, 5) is 19.6. The lowest BCUT2D eigenvalue weighted by molar-refractivity contribution is 0.0783. The molecule has 2 rings (SSSR count). The van der Waals surface area contributed by atoms with Gasteiger partial charge in [0, 0.05) is 24.5 Å². The Morgan fingerprint density at radius 1 is 1.50 bits per heavy atom. The summed E-state index contributed by atoms with van der Waals surface area (Å²) in [6.07, 6.45) is 2.39. The second kappa shape index (κ2) is 7.07. The van der Waals surface area contributed by atoms with E-state index in [2.05, 4.69) is 18.8 Å². The predicted molar refractivity (Wildman–Crippen MR) is 88.9 cm³/mol. The third-order valence-electron chi connectivity index (χ3n) is 3.73. The maximum absolute atomic E-state index is 12.5. The smallest absolute Gasteiger partial charge is 0.273 e. The highest BCUT2D eigenvalue weighted by Gasteiger charge is 2.21. The number of amides is 1. The van der Waals surface area contributed by atoms with Crippen LogP contribution in [0.4, 0.5) is 0 Å². The molecule has 0 aliphatic rings. The number of rotatable bonds is 6. The van der Waals surface area contributed by atoms with Gasteiger partial charge in [0.1, 0.15) is 5.69 Å². The summed E-state index contributed by atoms with van der Waals surface area (Å²) in [5.41, 5.74) is 6.54. The first-order chi connectivity index (χ1) is 10.4. The molecule has 0 aliphatic heterocycles. The molecule has 0 radical (unpaired) electrons. The summed E-state index contributed by atoms with van der Waals surface area (Å²) in [5, 5.41) is 0.734. The number of aromatic nitrogens is 1. The number of furan rings is 1. The van der Waals surface area contributed by atoms with Crippen molar-refractivity contribution in [1.82, 2.24) is 9.88 Å². The van der Waals surface area contributed by atoms with E-state index < -0.39 is 0 Å². The summed E-state index contributed by atoms with van der Waals surface area (Å²) >= 11 is 1.47. The molecule has 1 amide bonds. The quantitative estimate of drug-likeness (QED) is 0.887. The lowest BCUT2D eigenvalue weighted by atomic mass is 10.0. The van der Waals surface area contributed by atoms with Crippen LogP contribution in [0.15, 0.2) is 22.8 Å². The maximum Gasteiger partial charge on any atom is 0.273 e. The van der Waals surface area contributed by atoms with Gasteiger partial charge in [0.05, 0.1) is 6.26 Å². The average molecular weight is 321 g/mol. The fraction of sp³-hybridized carbons (Fsp3) is 0.500. The molecule has 0 aliphatic carbocycles. The highest BCUT2D eigenvalue weighted by Crippen LogP contribution is 2.28. The van der Waals surface area contributed by atoms with Crippen LogP contribution in [0.2, 0.25) is 0 Å². The Labute approximate surface area is 135 Å². The van der Waals surface area contributed by atoms with Gasteiger partial charge in [0.2, 0.25) is 0 Å². The molecule has 2 N–H and O–H groups in total. The van der Waals surface area contributed by atoms with Crippen LogP contribution in [0.3, 0.4) is 0 Å². The second-order valence-corrected chi connectivity index (χ2v) is 7.03. The van der Waals surface area contributed by atoms with Gasteiger partial charge in [-0.1, -0.05) is 13.8 Å². The van der Waals surface area contributed by atoms with Crippen molar-refractivity contribution in [2.24, 2.45) is 11.7 Å². The van der Waals surface area contributed by atoms with Crippen LogP contribution < -0.4 is 5.73 Å². The molecule has 0 spiro atoms. The molecule has 2 heterocycles. The highest BCUT2D eigenvalue weighted by molar-refractivity contribution is 7.15. The molecule has 1 unspecified atom stereocenters. The topological polar surface area (TPSA) is 72.4 Å². The molecule has 5 nitrogen and oxygen atoms in total. The van der Waals surface area contributed by atoms with Crippen LogP contribution >= 0.6 is 11.3 Å². The van der Waals surface area contributed by atoms with Gasteiger partial charge >= 0.3 is 0 Å². The number of nitrogens with zero attached hydrogens (tertiary/aromatic N) is 2. The minimum absolute atomic E-state index is 0.0671. The Hall–Kier alpha value is -1.66. The number of aryl methyl sites for hydroxylation is 1. The molecule has 0 bridgehead atoms. The first-order valence-electron chi connectivity index (χ1n) is 7.42. The van der Waals surface area contributed by atoms with Gasteiger partial charge in [0.25, 0.3) is 5.91 Å². The zero-order chi connectivity index (χ0) is 16.3. The molecule has 2 aromatic rings. The van der Waals surface area contributed by atoms with Crippen molar-refractivity contribution in [3.05, 3.63) is 29.0 Å². The molecule has 120 valence electrons. The molecule has 0 aromatic carbocycles. The van der Waals surface area contributed by atoms with E-state index >= 15 is 0 Å². The maximum atomic E-state index is 12.5. The van der Waals surface area contributed by atoms with Crippen molar-refractivity contribution in [2.75, 3.05) is 13.6 Å². The fourth-order valence-corrected chi connectivity index (χ4v) is 2.93. The van der Waals surface area contributed by atoms with Crippen LogP contribution in [0, 0.1) is 12.8 Å². The van der Waals surface area contributed by atoms with Gasteiger partial charge in [0.15, 0.2) is 10.8 Å². The molecule has 22 heavy (non-hydrogen) atoms. The molecule has 0 saturated heterocycles. The number of nitrogens with two attached hydrogens (primary N) is 1. The number of thiazole rings is 1. The summed E-state index contributed by atoms with van der Waals surface area (Å²) in [6, 6.07) is 3.76. The van der Waals surface area contributed by atoms with Crippen LogP contribution in [0.1, 0.15) is 35.6 Å². The van der Waals surface area contributed by atoms with E-state index in [1.165, 1.54) is 11.3 Å². The van der Waals surface area contributed by atoms with E-state index in [0.29, 0.717) is 23.9 Å². The van der Waals surface area contributed by atoms with Crippen molar-refractivity contribution < 1.29 is 9.21 Å². The Balaban J connectivity index is 2.06. The molecule has 0 saturated carbocycles. The number of carbonyl (C=O) groups is 1. The molecular formula is C16H23N3O2S. The third kappa shape index (κ3) is 3.75. The first-order valence-corrected chi connectivity index (χ1v) is 8.24. The lowest BCUT2D eigenvalue weighted by Crippen LogP contribution is -2.35. The van der Waals surface area contributed by atoms with E-state index in [-0.39, 0.29) is 11.9 Å². The minimum atomic E-state index is -0.0671. The Morgan fingerprint density at radius 2 is 2.23 bits per heavy atom. The number of carbonyl (C=O) groups excluding carboxylic acids is 1. The lowest BCUT2D eigenvalue weighted by Gasteiger charge is -2.21. The largest absolute Gasteiger partial charge is 0.462 e. The van der Waals surface area contributed by atoms with E-state index in [9.17, 15) is 4.79 Å². The van der Waals surface area contributed by atoms with Gasteiger partial charge in [-0.3, -0.25) is 4.79 Å². The summed E-state index contributed by atoms with van der Waals surface area (Å²) < 4.78 is 5.34. The van der Waals surface area contributed by atoms with E-state index in [4.69, 9.17) is 10.2 Å². The van der Waals surface area contributed by atoms with Gasteiger partial charge in [-0.15, -0.1) is 11.3 Å². The minimum Gasteiger partial charge on any atom is -0.462 e. The monoisotopic (exact) mass is 321 g/mol. The average Bonchev–Trinajstić information content (AvgIpc) is 3.12. The van der Waals surface area contributed by atoms with Crippen LogP contribution in [0.5, 0.6) is 0 Å². The van der Waals surface area contributed by atoms with Crippen molar-refractivity contribution in [1.29, 1.82) is 0 Å². The highest BCUT2D eigenvalue weighted by atomic mass is 32.1. The molecule has 6 heteroatoms. The Kier molecular flexibility index (Phi) is 5.37. The van der Waals surface area contributed by atoms with Crippen LogP contribution in [-0.4, -0.2) is 35.4 Å².